The summed E-state index contributed by atoms with van der Waals surface area (Å²) in [5, 5.41) is 29.1. The van der Waals surface area contributed by atoms with Crippen LogP contribution in [0.15, 0.2) is 47.6 Å². The number of anilines is 1. The lowest BCUT2D eigenvalue weighted by Crippen LogP contribution is -2.43. The highest BCUT2D eigenvalue weighted by Crippen LogP contribution is 2.24. The van der Waals surface area contributed by atoms with Crippen LogP contribution in [0.4, 0.5) is 17.1 Å². The van der Waals surface area contributed by atoms with Gasteiger partial charge in [-0.1, -0.05) is 6.07 Å². The van der Waals surface area contributed by atoms with E-state index in [0.29, 0.717) is 5.56 Å². The molecule has 11 nitrogen and oxygen atoms in total. The molecule has 29 heavy (non-hydrogen) atoms. The van der Waals surface area contributed by atoms with Gasteiger partial charge in [0.05, 0.1) is 16.1 Å². The van der Waals surface area contributed by atoms with Gasteiger partial charge in [0.25, 0.3) is 17.3 Å². The molecule has 0 bridgehead atoms. The number of hydrogen-bond donors (Lipinski definition) is 2. The second kappa shape index (κ2) is 8.89. The Balaban J connectivity index is 1.80. The van der Waals surface area contributed by atoms with E-state index in [-0.39, 0.29) is 16.9 Å². The highest BCUT2D eigenvalue weighted by molar-refractivity contribution is 5.96. The minimum Gasteiger partial charge on any atom is -0.368 e. The number of piperazine rings is 1. The van der Waals surface area contributed by atoms with Crippen molar-refractivity contribution in [3.05, 3.63) is 73.8 Å². The van der Waals surface area contributed by atoms with Crippen LogP contribution in [-0.2, 0) is 0 Å². The number of benzene rings is 2. The van der Waals surface area contributed by atoms with Crippen molar-refractivity contribution in [1.29, 1.82) is 0 Å². The van der Waals surface area contributed by atoms with Gasteiger partial charge in [-0.3, -0.25) is 25.0 Å². The Labute approximate surface area is 165 Å². The van der Waals surface area contributed by atoms with Gasteiger partial charge in [-0.2, -0.15) is 5.10 Å². The smallest absolute Gasteiger partial charge is 0.271 e. The van der Waals surface area contributed by atoms with E-state index in [0.717, 1.165) is 37.9 Å². The number of nitrogens with one attached hydrogen (secondary N) is 2. The number of amides is 1. The molecule has 1 amide bonds. The number of rotatable bonds is 6. The van der Waals surface area contributed by atoms with Gasteiger partial charge >= 0.3 is 0 Å². The lowest BCUT2D eigenvalue weighted by molar-refractivity contribution is -0.385. The van der Waals surface area contributed by atoms with E-state index in [4.69, 9.17) is 0 Å². The van der Waals surface area contributed by atoms with Crippen molar-refractivity contribution in [2.75, 3.05) is 31.1 Å². The Morgan fingerprint density at radius 2 is 1.76 bits per heavy atom. The van der Waals surface area contributed by atoms with Crippen LogP contribution in [0.2, 0.25) is 0 Å². The van der Waals surface area contributed by atoms with Crippen molar-refractivity contribution < 1.29 is 14.6 Å². The molecular formula is C18H18N6O5. The van der Waals surface area contributed by atoms with Gasteiger partial charge in [0.1, 0.15) is 0 Å². The van der Waals surface area contributed by atoms with E-state index in [2.05, 4.69) is 20.7 Å². The molecule has 0 saturated carbocycles. The molecule has 3 rings (SSSR count). The third kappa shape index (κ3) is 4.90. The first-order chi connectivity index (χ1) is 14.0. The minimum atomic E-state index is -0.626. The van der Waals surface area contributed by atoms with Gasteiger partial charge in [0, 0.05) is 67.3 Å². The summed E-state index contributed by atoms with van der Waals surface area (Å²) < 4.78 is 0. The number of hydrogen-bond acceptors (Lipinski definition) is 8. The van der Waals surface area contributed by atoms with Gasteiger partial charge in [0.2, 0.25) is 0 Å². The van der Waals surface area contributed by atoms with E-state index in [1.54, 1.807) is 6.07 Å². The molecule has 150 valence electrons. The van der Waals surface area contributed by atoms with Crippen molar-refractivity contribution >= 4 is 29.2 Å². The summed E-state index contributed by atoms with van der Waals surface area (Å²) >= 11 is 0. The molecule has 2 aromatic rings. The first-order valence-corrected chi connectivity index (χ1v) is 8.77. The molecule has 0 spiro atoms. The summed E-state index contributed by atoms with van der Waals surface area (Å²) in [6.07, 6.45) is 1.33. The maximum atomic E-state index is 12.2. The molecule has 1 heterocycles. The Bertz CT molecular complexity index is 971. The van der Waals surface area contributed by atoms with Crippen molar-refractivity contribution in [2.45, 2.75) is 0 Å². The molecule has 2 aromatic carbocycles. The molecule has 0 aromatic heterocycles. The summed E-state index contributed by atoms with van der Waals surface area (Å²) in [5.41, 5.74) is 3.34. The zero-order valence-electron chi connectivity index (χ0n) is 15.3. The number of carbonyl (C=O) groups excluding carboxylic acids is 1. The molecule has 0 radical (unpaired) electrons. The molecule has 0 unspecified atom stereocenters. The molecule has 0 aliphatic carbocycles. The molecule has 2 N–H and O–H groups in total. The topological polar surface area (TPSA) is 143 Å². The van der Waals surface area contributed by atoms with Gasteiger partial charge in [-0.05, 0) is 12.1 Å². The summed E-state index contributed by atoms with van der Waals surface area (Å²) in [6.45, 7) is 3.05. The quantitative estimate of drug-likeness (QED) is 0.428. The zero-order valence-corrected chi connectivity index (χ0v) is 15.3. The lowest BCUT2D eigenvalue weighted by Gasteiger charge is -2.30. The van der Waals surface area contributed by atoms with Gasteiger partial charge in [-0.15, -0.1) is 0 Å². The normalized spacial score (nSPS) is 14.0. The van der Waals surface area contributed by atoms with Crippen LogP contribution < -0.4 is 15.6 Å². The number of hydrazone groups is 1. The van der Waals surface area contributed by atoms with Gasteiger partial charge in [0.15, 0.2) is 0 Å². The molecule has 11 heteroatoms. The van der Waals surface area contributed by atoms with Crippen LogP contribution in [0.1, 0.15) is 15.9 Å². The minimum absolute atomic E-state index is 0.0812. The SMILES string of the molecule is O=C(NN=Cc1cc([N+](=O)[O-])ccc1N1CCNCC1)c1cccc([N+](=O)[O-])c1. The van der Waals surface area contributed by atoms with E-state index >= 15 is 0 Å². The molecular weight excluding hydrogens is 380 g/mol. The standard InChI is InChI=1S/C18H18N6O5/c25-18(13-2-1-3-15(10-13)23(26)27)21-20-12-14-11-16(24(28)29)4-5-17(14)22-8-6-19-7-9-22/h1-5,10-12,19H,6-9H2,(H,21,25). The summed E-state index contributed by atoms with van der Waals surface area (Å²) in [4.78, 5) is 35.1. The second-order valence-corrected chi connectivity index (χ2v) is 6.24. The van der Waals surface area contributed by atoms with Crippen molar-refractivity contribution in [3.8, 4) is 0 Å². The van der Waals surface area contributed by atoms with Crippen LogP contribution in [0.5, 0.6) is 0 Å². The van der Waals surface area contributed by atoms with E-state index in [1.807, 2.05) is 0 Å². The molecule has 1 fully saturated rings. The number of nitro benzene ring substituents is 2. The van der Waals surface area contributed by atoms with Crippen molar-refractivity contribution in [3.63, 3.8) is 0 Å². The van der Waals surface area contributed by atoms with Crippen LogP contribution in [0.25, 0.3) is 0 Å². The van der Waals surface area contributed by atoms with Crippen LogP contribution in [-0.4, -0.2) is 48.1 Å². The second-order valence-electron chi connectivity index (χ2n) is 6.24. The van der Waals surface area contributed by atoms with Crippen LogP contribution in [0, 0.1) is 20.2 Å². The Morgan fingerprint density at radius 3 is 2.45 bits per heavy atom. The molecule has 0 atom stereocenters. The zero-order chi connectivity index (χ0) is 20.8. The van der Waals surface area contributed by atoms with Crippen LogP contribution in [0.3, 0.4) is 0 Å². The number of nitro groups is 2. The summed E-state index contributed by atoms with van der Waals surface area (Å²) in [6, 6.07) is 9.73. The molecule has 1 aliphatic heterocycles. The Morgan fingerprint density at radius 1 is 1.07 bits per heavy atom. The highest BCUT2D eigenvalue weighted by atomic mass is 16.6. The number of nitrogens with zero attached hydrogens (tertiary/aromatic N) is 4. The monoisotopic (exact) mass is 398 g/mol. The first-order valence-electron chi connectivity index (χ1n) is 8.77. The Hall–Kier alpha value is -3.86. The third-order valence-electron chi connectivity index (χ3n) is 4.37. The average Bonchev–Trinajstić information content (AvgIpc) is 2.74. The summed E-state index contributed by atoms with van der Waals surface area (Å²) in [5.74, 6) is -0.626. The Kier molecular flexibility index (Phi) is 6.09. The summed E-state index contributed by atoms with van der Waals surface area (Å²) in [7, 11) is 0. The fourth-order valence-corrected chi connectivity index (χ4v) is 2.94. The predicted molar refractivity (Wildman–Crippen MR) is 106 cm³/mol. The largest absolute Gasteiger partial charge is 0.368 e. The number of carbonyl (C=O) groups is 1. The number of non-ortho nitro benzene ring substituents is 2. The van der Waals surface area contributed by atoms with Crippen molar-refractivity contribution in [2.24, 2.45) is 5.10 Å². The van der Waals surface area contributed by atoms with E-state index < -0.39 is 15.8 Å². The van der Waals surface area contributed by atoms with E-state index in [9.17, 15) is 25.0 Å². The fraction of sp³-hybridized carbons (Fsp3) is 0.222. The highest BCUT2D eigenvalue weighted by Gasteiger charge is 2.17. The average molecular weight is 398 g/mol. The van der Waals surface area contributed by atoms with E-state index in [1.165, 1.54) is 36.5 Å². The van der Waals surface area contributed by atoms with Crippen molar-refractivity contribution in [1.82, 2.24) is 10.7 Å². The molecule has 1 saturated heterocycles. The third-order valence-corrected chi connectivity index (χ3v) is 4.37. The maximum Gasteiger partial charge on any atom is 0.271 e. The first kappa shape index (κ1) is 19.9. The lowest BCUT2D eigenvalue weighted by atomic mass is 10.1. The van der Waals surface area contributed by atoms with Gasteiger partial charge in [-0.25, -0.2) is 5.43 Å². The van der Waals surface area contributed by atoms with Crippen LogP contribution >= 0.6 is 0 Å². The van der Waals surface area contributed by atoms with Gasteiger partial charge < -0.3 is 10.2 Å². The predicted octanol–water partition coefficient (Wildman–Crippen LogP) is 1.68. The fourth-order valence-electron chi connectivity index (χ4n) is 2.94. The molecule has 1 aliphatic rings. The maximum absolute atomic E-state index is 12.2.